The predicted molar refractivity (Wildman–Crippen MR) is 96.3 cm³/mol. The normalized spacial score (nSPS) is 19.3. The molecule has 3 heterocycles. The van der Waals surface area contributed by atoms with Crippen LogP contribution in [0.5, 0.6) is 0 Å². The second-order valence-electron chi connectivity index (χ2n) is 6.91. The Hall–Kier alpha value is -2.76. The summed E-state index contributed by atoms with van der Waals surface area (Å²) in [7, 11) is 0. The molecule has 1 aromatic heterocycles. The van der Waals surface area contributed by atoms with Crippen molar-refractivity contribution in [3.63, 3.8) is 0 Å². The number of carbonyl (C=O) groups is 2. The lowest BCUT2D eigenvalue weighted by molar-refractivity contribution is -0.129. The number of aromatic nitrogens is 2. The van der Waals surface area contributed by atoms with E-state index in [4.69, 9.17) is 4.98 Å². The van der Waals surface area contributed by atoms with Crippen LogP contribution in [-0.4, -0.2) is 44.7 Å². The summed E-state index contributed by atoms with van der Waals surface area (Å²) in [5.41, 5.74) is 2.70. The zero-order chi connectivity index (χ0) is 18.1. The second-order valence-corrected chi connectivity index (χ2v) is 6.91. The van der Waals surface area contributed by atoms with E-state index in [0.29, 0.717) is 18.7 Å². The van der Waals surface area contributed by atoms with Gasteiger partial charge in [0.1, 0.15) is 0 Å². The van der Waals surface area contributed by atoms with E-state index in [0.717, 1.165) is 42.9 Å². The molecule has 2 amide bonds. The standard InChI is InChI=1S/C20H22N4O2/c1-14(25)24-10-5-8-18(24)19-21-12-16-13-23(11-9-17(16)22-19)20(26)15-6-3-2-4-7-15/h2-4,6-7,12,18H,5,8-11,13H2,1H3/t18-/m0/s1. The summed E-state index contributed by atoms with van der Waals surface area (Å²) in [4.78, 5) is 37.4. The van der Waals surface area contributed by atoms with Crippen LogP contribution in [0.1, 0.15) is 53.2 Å². The van der Waals surface area contributed by atoms with Crippen LogP contribution < -0.4 is 0 Å². The average Bonchev–Trinajstić information content (AvgIpc) is 3.17. The summed E-state index contributed by atoms with van der Waals surface area (Å²) < 4.78 is 0. The van der Waals surface area contributed by atoms with Gasteiger partial charge in [0.25, 0.3) is 5.91 Å². The van der Waals surface area contributed by atoms with Crippen molar-refractivity contribution in [1.82, 2.24) is 19.8 Å². The lowest BCUT2D eigenvalue weighted by atomic mass is 10.1. The average molecular weight is 350 g/mol. The molecule has 1 aromatic carbocycles. The van der Waals surface area contributed by atoms with Crippen molar-refractivity contribution in [2.75, 3.05) is 13.1 Å². The molecule has 1 fully saturated rings. The van der Waals surface area contributed by atoms with E-state index < -0.39 is 0 Å². The van der Waals surface area contributed by atoms with E-state index in [1.165, 1.54) is 0 Å². The molecule has 4 rings (SSSR count). The van der Waals surface area contributed by atoms with Gasteiger partial charge in [0.15, 0.2) is 5.82 Å². The second kappa shape index (κ2) is 6.86. The Balaban J connectivity index is 1.53. The van der Waals surface area contributed by atoms with Gasteiger partial charge in [0.05, 0.1) is 11.7 Å². The van der Waals surface area contributed by atoms with Crippen LogP contribution in [-0.2, 0) is 17.8 Å². The maximum Gasteiger partial charge on any atom is 0.254 e. The highest BCUT2D eigenvalue weighted by atomic mass is 16.2. The molecule has 0 unspecified atom stereocenters. The highest BCUT2D eigenvalue weighted by molar-refractivity contribution is 5.94. The van der Waals surface area contributed by atoms with Gasteiger partial charge < -0.3 is 9.80 Å². The predicted octanol–water partition coefficient (Wildman–Crippen LogP) is 2.36. The van der Waals surface area contributed by atoms with Gasteiger partial charge in [-0.15, -0.1) is 0 Å². The molecule has 2 aliphatic heterocycles. The van der Waals surface area contributed by atoms with E-state index in [-0.39, 0.29) is 17.9 Å². The summed E-state index contributed by atoms with van der Waals surface area (Å²) >= 11 is 0. The van der Waals surface area contributed by atoms with E-state index in [2.05, 4.69) is 4.98 Å². The molecule has 0 N–H and O–H groups in total. The number of carbonyl (C=O) groups excluding carboxylic acids is 2. The Kier molecular flexibility index (Phi) is 4.41. The highest BCUT2D eigenvalue weighted by Gasteiger charge is 2.31. The van der Waals surface area contributed by atoms with Gasteiger partial charge in [-0.2, -0.15) is 0 Å². The molecule has 0 saturated carbocycles. The van der Waals surface area contributed by atoms with Gasteiger partial charge in [-0.3, -0.25) is 9.59 Å². The van der Waals surface area contributed by atoms with Crippen molar-refractivity contribution < 1.29 is 9.59 Å². The third-order valence-corrected chi connectivity index (χ3v) is 5.22. The minimum absolute atomic E-state index is 0.0122. The first-order valence-electron chi connectivity index (χ1n) is 9.09. The first kappa shape index (κ1) is 16.7. The summed E-state index contributed by atoms with van der Waals surface area (Å²) in [6.07, 6.45) is 4.45. The third kappa shape index (κ3) is 3.07. The number of amides is 2. The molecule has 0 aliphatic carbocycles. The number of hydrogen-bond donors (Lipinski definition) is 0. The van der Waals surface area contributed by atoms with Crippen molar-refractivity contribution in [2.45, 2.75) is 38.8 Å². The van der Waals surface area contributed by atoms with Gasteiger partial charge in [0.2, 0.25) is 5.91 Å². The lowest BCUT2D eigenvalue weighted by Gasteiger charge is -2.29. The van der Waals surface area contributed by atoms with Crippen molar-refractivity contribution >= 4 is 11.8 Å². The fourth-order valence-corrected chi connectivity index (χ4v) is 3.84. The summed E-state index contributed by atoms with van der Waals surface area (Å²) in [6.45, 7) is 3.56. The highest BCUT2D eigenvalue weighted by Crippen LogP contribution is 2.30. The molecule has 1 saturated heterocycles. The molecule has 2 aromatic rings. The van der Waals surface area contributed by atoms with Gasteiger partial charge >= 0.3 is 0 Å². The maximum atomic E-state index is 12.6. The minimum atomic E-state index is -0.0122. The zero-order valence-electron chi connectivity index (χ0n) is 14.9. The number of benzene rings is 1. The number of hydrogen-bond acceptors (Lipinski definition) is 4. The van der Waals surface area contributed by atoms with Gasteiger partial charge in [-0.1, -0.05) is 18.2 Å². The Bertz CT molecular complexity index is 837. The number of fused-ring (bicyclic) bond motifs is 1. The molecule has 2 aliphatic rings. The Morgan fingerprint density at radius 2 is 1.96 bits per heavy atom. The topological polar surface area (TPSA) is 66.4 Å². The number of rotatable bonds is 2. The molecule has 0 bridgehead atoms. The van der Waals surface area contributed by atoms with E-state index in [1.807, 2.05) is 46.3 Å². The molecular weight excluding hydrogens is 328 g/mol. The van der Waals surface area contributed by atoms with Crippen LogP contribution in [0, 0.1) is 0 Å². The Morgan fingerprint density at radius 3 is 2.73 bits per heavy atom. The third-order valence-electron chi connectivity index (χ3n) is 5.22. The smallest absolute Gasteiger partial charge is 0.254 e. The van der Waals surface area contributed by atoms with Crippen molar-refractivity contribution in [1.29, 1.82) is 0 Å². The summed E-state index contributed by atoms with van der Waals surface area (Å²) in [5.74, 6) is 0.853. The molecular formula is C20H22N4O2. The number of nitrogens with zero attached hydrogens (tertiary/aromatic N) is 4. The Labute approximate surface area is 152 Å². The molecule has 0 radical (unpaired) electrons. The summed E-state index contributed by atoms with van der Waals surface area (Å²) in [6, 6.07) is 9.33. The Morgan fingerprint density at radius 1 is 1.15 bits per heavy atom. The van der Waals surface area contributed by atoms with Crippen LogP contribution in [0.25, 0.3) is 0 Å². The van der Waals surface area contributed by atoms with E-state index in [1.54, 1.807) is 6.92 Å². The molecule has 6 heteroatoms. The van der Waals surface area contributed by atoms with Crippen LogP contribution >= 0.6 is 0 Å². The monoisotopic (exact) mass is 350 g/mol. The SMILES string of the molecule is CC(=O)N1CCC[C@H]1c1ncc2c(n1)CCN(C(=O)c1ccccc1)C2. The lowest BCUT2D eigenvalue weighted by Crippen LogP contribution is -2.37. The summed E-state index contributed by atoms with van der Waals surface area (Å²) in [5, 5.41) is 0. The van der Waals surface area contributed by atoms with Gasteiger partial charge in [-0.05, 0) is 25.0 Å². The molecule has 6 nitrogen and oxygen atoms in total. The fourth-order valence-electron chi connectivity index (χ4n) is 3.84. The molecule has 1 atom stereocenters. The van der Waals surface area contributed by atoms with Crippen molar-refractivity contribution in [2.24, 2.45) is 0 Å². The quantitative estimate of drug-likeness (QED) is 0.834. The van der Waals surface area contributed by atoms with Crippen LogP contribution in [0.2, 0.25) is 0 Å². The fraction of sp³-hybridized carbons (Fsp3) is 0.400. The molecule has 26 heavy (non-hydrogen) atoms. The first-order valence-corrected chi connectivity index (χ1v) is 9.09. The van der Waals surface area contributed by atoms with E-state index in [9.17, 15) is 9.59 Å². The zero-order valence-corrected chi connectivity index (χ0v) is 14.9. The number of likely N-dealkylation sites (tertiary alicyclic amines) is 1. The molecule has 134 valence electrons. The first-order chi connectivity index (χ1) is 12.6. The largest absolute Gasteiger partial charge is 0.334 e. The van der Waals surface area contributed by atoms with Gasteiger partial charge in [0, 0.05) is 50.3 Å². The minimum Gasteiger partial charge on any atom is -0.334 e. The van der Waals surface area contributed by atoms with Crippen LogP contribution in [0.3, 0.4) is 0 Å². The maximum absolute atomic E-state index is 12.6. The van der Waals surface area contributed by atoms with Crippen LogP contribution in [0.15, 0.2) is 36.5 Å². The van der Waals surface area contributed by atoms with Crippen molar-refractivity contribution in [3.05, 3.63) is 59.2 Å². The van der Waals surface area contributed by atoms with Crippen LogP contribution in [0.4, 0.5) is 0 Å². The molecule has 0 spiro atoms. The van der Waals surface area contributed by atoms with Gasteiger partial charge in [-0.25, -0.2) is 9.97 Å². The van der Waals surface area contributed by atoms with Crippen molar-refractivity contribution in [3.8, 4) is 0 Å². The van der Waals surface area contributed by atoms with E-state index >= 15 is 0 Å².